The maximum absolute atomic E-state index is 12.0. The van der Waals surface area contributed by atoms with E-state index in [1.807, 2.05) is 19.1 Å². The summed E-state index contributed by atoms with van der Waals surface area (Å²) in [5.41, 5.74) is 17.6. The Kier molecular flexibility index (Phi) is 24.3. The predicted molar refractivity (Wildman–Crippen MR) is 389 cm³/mol. The average molecular weight is 1250 g/mol. The van der Waals surface area contributed by atoms with Crippen LogP contribution in [-0.4, -0.2) is 60.2 Å². The van der Waals surface area contributed by atoms with Gasteiger partial charge >= 0.3 is 13.1 Å². The first-order chi connectivity index (χ1) is 40.8. The first-order valence-corrected chi connectivity index (χ1v) is 40.0. The van der Waals surface area contributed by atoms with E-state index in [9.17, 15) is 4.79 Å². The molecule has 6 nitrogen and oxygen atoms in total. The van der Waals surface area contributed by atoms with Gasteiger partial charge in [-0.15, -0.1) is 0 Å². The number of methoxy groups -OCH3 is 1. The average Bonchev–Trinajstić information content (AvgIpc) is 1.72. The molecule has 1 aliphatic rings. The lowest BCUT2D eigenvalue weighted by Crippen LogP contribution is -2.47. The smallest absolute Gasteiger partial charge is 0.469 e. The van der Waals surface area contributed by atoms with Gasteiger partial charge in [0, 0.05) is 10.8 Å². The first-order valence-electron chi connectivity index (χ1n) is 34.1. The minimum atomic E-state index is -1.87. The number of rotatable bonds is 22. The summed E-state index contributed by atoms with van der Waals surface area (Å²) in [5, 5.41) is 0.405. The second kappa shape index (κ2) is 28.6. The van der Waals surface area contributed by atoms with E-state index in [1.54, 1.807) is 0 Å². The lowest BCUT2D eigenvalue weighted by atomic mass is 9.67. The van der Waals surface area contributed by atoms with Gasteiger partial charge in [-0.25, -0.2) is 0 Å². The van der Waals surface area contributed by atoms with Crippen LogP contribution in [0.4, 0.5) is 0 Å². The van der Waals surface area contributed by atoms with Crippen molar-refractivity contribution in [1.82, 2.24) is 0 Å². The van der Waals surface area contributed by atoms with Gasteiger partial charge in [0.2, 0.25) is 0 Å². The van der Waals surface area contributed by atoms with Crippen molar-refractivity contribution in [3.63, 3.8) is 0 Å². The van der Waals surface area contributed by atoms with Crippen LogP contribution in [0.3, 0.4) is 0 Å². The van der Waals surface area contributed by atoms with Crippen LogP contribution in [0.25, 0.3) is 11.1 Å². The lowest BCUT2D eigenvalue weighted by molar-refractivity contribution is -0.142. The molecule has 89 heavy (non-hydrogen) atoms. The fraction of sp³-hybridized carbons (Fsp3) is 0.613. The summed E-state index contributed by atoms with van der Waals surface area (Å²) < 4.78 is 31.7. The van der Waals surface area contributed by atoms with E-state index in [1.165, 1.54) is 68.3 Å². The highest BCUT2D eigenvalue weighted by Gasteiger charge is 2.52. The van der Waals surface area contributed by atoms with Crippen LogP contribution in [0, 0.1) is 38.5 Å². The van der Waals surface area contributed by atoms with Crippen molar-refractivity contribution in [3.8, 4) is 11.1 Å². The molecule has 1 heterocycles. The Balaban J connectivity index is 0.000000325. The van der Waals surface area contributed by atoms with E-state index in [0.717, 1.165) is 68.0 Å². The maximum Gasteiger partial charge on any atom is 0.495 e. The number of ether oxygens (including phenoxy) is 1. The summed E-state index contributed by atoms with van der Waals surface area (Å²) in [6.07, 6.45) is 8.77. The minimum absolute atomic E-state index is 0.0398. The SMILES string of the molecule is CCC(CC)(c1ccc(CCC(O[Si](C)(C)C(C)(C)C)C(C)(C)C)c(C)c1)c1ccc(-c2ccc([C@@H](C)C(=O)OC)cc2)c(C)c1.CCC(CC)(c1ccc(CCC(O[Si](C)(C)C(C)(C)C)C(C)(C)C)c(C)c1)c1ccc(B2OC(C)(C)C(C)(C)O2)c(C)c1. The molecule has 0 aromatic heterocycles. The van der Waals surface area contributed by atoms with Crippen molar-refractivity contribution in [2.75, 3.05) is 7.11 Å². The highest BCUT2D eigenvalue weighted by Crippen LogP contribution is 2.46. The molecule has 0 radical (unpaired) electrons. The van der Waals surface area contributed by atoms with Gasteiger partial charge in [0.1, 0.15) is 0 Å². The Morgan fingerprint density at radius 2 is 0.854 bits per heavy atom. The summed E-state index contributed by atoms with van der Waals surface area (Å²) in [7, 11) is -2.63. The number of hydrogen-bond acceptors (Lipinski definition) is 6. The van der Waals surface area contributed by atoms with Gasteiger partial charge in [-0.1, -0.05) is 213 Å². The molecule has 9 heteroatoms. The number of esters is 1. The van der Waals surface area contributed by atoms with E-state index >= 15 is 0 Å². The minimum Gasteiger partial charge on any atom is -0.469 e. The van der Waals surface area contributed by atoms with Crippen molar-refractivity contribution in [3.05, 3.63) is 158 Å². The predicted octanol–water partition coefficient (Wildman–Crippen LogP) is 21.8. The van der Waals surface area contributed by atoms with Crippen LogP contribution in [0.5, 0.6) is 0 Å². The molecule has 0 aliphatic carbocycles. The third-order valence-electron chi connectivity index (χ3n) is 22.4. The van der Waals surface area contributed by atoms with Crippen molar-refractivity contribution in [2.45, 2.75) is 301 Å². The largest absolute Gasteiger partial charge is 0.495 e. The van der Waals surface area contributed by atoms with Gasteiger partial charge in [0.15, 0.2) is 16.6 Å². The standard InChI is InChI=1S/C42H62O3Si.C38H63BO3Si/c1-15-42(16-2,36-24-25-37(30(4)28-36)34-19-17-33(18-20-34)31(5)39(43)44-12)35-23-21-32(29(3)27-35)22-26-38(40(6,7)8)45-46(13,14)41(9,10)11;1-17-38(18-2,31-22-23-32(28(4)26-31)39-41-36(11,12)37(13,14)42-39)30-21-19-29(27(3)25-30)20-24-33(34(5,6)7)40-43(15,16)35(8,9)10/h17-21,23-25,27-28,31,38H,15-16,22,26H2,1-14H3;19,21-23,25-26,33H,17-18,20,24H2,1-16H3/t31-,38?;/m1./s1. The highest BCUT2D eigenvalue weighted by molar-refractivity contribution is 6.74. The Hall–Kier alpha value is -4.09. The number of carbonyl (C=O) groups is 1. The molecular formula is C80H125BO6Si2. The molecule has 1 aliphatic heterocycles. The van der Waals surface area contributed by atoms with Crippen LogP contribution in [0.1, 0.15) is 251 Å². The van der Waals surface area contributed by atoms with Gasteiger partial charge in [-0.05, 0) is 233 Å². The van der Waals surface area contributed by atoms with E-state index < -0.39 is 16.6 Å². The summed E-state index contributed by atoms with van der Waals surface area (Å²) in [5.74, 6) is -0.487. The third-order valence-corrected chi connectivity index (χ3v) is 31.3. The fourth-order valence-electron chi connectivity index (χ4n) is 12.7. The van der Waals surface area contributed by atoms with Crippen LogP contribution >= 0.6 is 0 Å². The molecule has 5 aromatic carbocycles. The molecule has 0 spiro atoms. The van der Waals surface area contributed by atoms with Gasteiger partial charge in [-0.3, -0.25) is 4.79 Å². The van der Waals surface area contributed by atoms with Crippen molar-refractivity contribution < 1.29 is 27.7 Å². The quantitative estimate of drug-likeness (QED) is 0.0508. The summed E-state index contributed by atoms with van der Waals surface area (Å²) >= 11 is 0. The summed E-state index contributed by atoms with van der Waals surface area (Å²) in [4.78, 5) is 12.0. The molecular weight excluding hydrogens is 1120 g/mol. The van der Waals surface area contributed by atoms with Crippen LogP contribution in [0.15, 0.2) is 97.1 Å². The number of carbonyl (C=O) groups excluding carboxylic acids is 1. The van der Waals surface area contributed by atoms with Crippen LogP contribution in [-0.2, 0) is 51.4 Å². The normalized spacial score (nSPS) is 16.2. The van der Waals surface area contributed by atoms with Crippen LogP contribution in [0.2, 0.25) is 36.3 Å². The summed E-state index contributed by atoms with van der Waals surface area (Å²) in [6.45, 7) is 66.1. The zero-order valence-electron chi connectivity index (χ0n) is 62.2. The Morgan fingerprint density at radius 3 is 1.17 bits per heavy atom. The molecule has 5 aromatic rings. The molecule has 2 unspecified atom stereocenters. The zero-order chi connectivity index (χ0) is 67.5. The van der Waals surface area contributed by atoms with E-state index in [2.05, 4.69) is 277 Å². The van der Waals surface area contributed by atoms with Crippen molar-refractivity contribution in [2.24, 2.45) is 10.8 Å². The molecule has 0 bridgehead atoms. The van der Waals surface area contributed by atoms with E-state index in [4.69, 9.17) is 22.9 Å². The Morgan fingerprint density at radius 1 is 0.506 bits per heavy atom. The molecule has 0 N–H and O–H groups in total. The molecule has 1 saturated heterocycles. The van der Waals surface area contributed by atoms with Gasteiger partial charge < -0.3 is 22.9 Å². The lowest BCUT2D eigenvalue weighted by Gasteiger charge is -2.43. The van der Waals surface area contributed by atoms with Crippen molar-refractivity contribution >= 4 is 35.2 Å². The first kappa shape index (κ1) is 75.6. The Labute approximate surface area is 548 Å². The summed E-state index contributed by atoms with van der Waals surface area (Å²) in [6, 6.07) is 36.7. The highest BCUT2D eigenvalue weighted by atomic mass is 28.4. The number of benzene rings is 5. The van der Waals surface area contributed by atoms with Gasteiger partial charge in [-0.2, -0.15) is 0 Å². The monoisotopic (exact) mass is 1250 g/mol. The topological polar surface area (TPSA) is 63.2 Å². The number of aryl methyl sites for hydroxylation is 6. The fourth-order valence-corrected chi connectivity index (χ4v) is 15.8. The Bertz CT molecular complexity index is 3130. The van der Waals surface area contributed by atoms with Gasteiger partial charge in [0.25, 0.3) is 0 Å². The molecule has 6 rings (SSSR count). The molecule has 3 atom stereocenters. The molecule has 0 amide bonds. The maximum atomic E-state index is 12.0. The second-order valence-corrected chi connectivity index (χ2v) is 42.5. The van der Waals surface area contributed by atoms with Crippen LogP contribution < -0.4 is 5.46 Å². The van der Waals surface area contributed by atoms with Gasteiger partial charge in [0.05, 0.1) is 36.4 Å². The number of hydrogen-bond donors (Lipinski definition) is 0. The molecule has 1 fully saturated rings. The second-order valence-electron chi connectivity index (χ2n) is 33.0. The molecule has 0 saturated carbocycles. The zero-order valence-corrected chi connectivity index (χ0v) is 64.2. The molecule has 492 valence electrons. The third kappa shape index (κ3) is 17.2. The van der Waals surface area contributed by atoms with E-state index in [0.29, 0.717) is 0 Å². The van der Waals surface area contributed by atoms with Crippen molar-refractivity contribution in [1.29, 1.82) is 0 Å². The van der Waals surface area contributed by atoms with E-state index in [-0.39, 0.29) is 74.2 Å².